The summed E-state index contributed by atoms with van der Waals surface area (Å²) in [7, 11) is 0. The molecule has 2 heterocycles. The van der Waals surface area contributed by atoms with Crippen molar-refractivity contribution in [2.75, 3.05) is 4.90 Å². The van der Waals surface area contributed by atoms with Crippen molar-refractivity contribution in [3.8, 4) is 28.1 Å². The number of rotatable bonds is 7. The molecule has 244 valence electrons. The normalized spacial score (nSPS) is 12.0. The lowest BCUT2D eigenvalue weighted by atomic mass is 9.98. The molecule has 9 aromatic rings. The second-order valence-corrected chi connectivity index (χ2v) is 12.7. The van der Waals surface area contributed by atoms with Crippen LogP contribution in [0.3, 0.4) is 0 Å². The topological polar surface area (TPSA) is 71.2 Å². The minimum absolute atomic E-state index is 0.325. The van der Waals surface area contributed by atoms with Gasteiger partial charge in [-0.3, -0.25) is 5.41 Å². The highest BCUT2D eigenvalue weighted by Gasteiger charge is 2.25. The molecule has 0 aliphatic carbocycles. The number of benzene rings is 7. The van der Waals surface area contributed by atoms with E-state index in [0.29, 0.717) is 5.84 Å². The van der Waals surface area contributed by atoms with Gasteiger partial charge < -0.3 is 19.6 Å². The molecule has 0 spiro atoms. The number of nitrogens with zero attached hydrogens (tertiary/aromatic N) is 2. The molecule has 0 aliphatic rings. The highest BCUT2D eigenvalue weighted by Crippen LogP contribution is 2.46. The van der Waals surface area contributed by atoms with E-state index in [9.17, 15) is 5.41 Å². The largest absolute Gasteiger partial charge is 0.455 e. The van der Waals surface area contributed by atoms with Crippen LogP contribution >= 0.6 is 0 Å². The fraction of sp³-hybridized carbons (Fsp3) is 0.0217. The molecule has 1 unspecified atom stereocenters. The number of hydrogen-bond acceptors (Lipinski definition) is 3. The highest BCUT2D eigenvalue weighted by molar-refractivity contribution is 6.22. The minimum Gasteiger partial charge on any atom is -0.455 e. The Morgan fingerprint density at radius 2 is 1.22 bits per heavy atom. The summed E-state index contributed by atoms with van der Waals surface area (Å²) in [4.78, 5) is 1.91. The van der Waals surface area contributed by atoms with Crippen molar-refractivity contribution in [1.82, 2.24) is 4.57 Å². The predicted octanol–water partition coefficient (Wildman–Crippen LogP) is 11.4. The number of nitrogens with one attached hydrogen (secondary N) is 1. The number of furan rings is 1. The van der Waals surface area contributed by atoms with Crippen LogP contribution < -0.4 is 10.6 Å². The Hall–Kier alpha value is -6.69. The Kier molecular flexibility index (Phi) is 7.53. The van der Waals surface area contributed by atoms with Crippen molar-refractivity contribution in [1.29, 1.82) is 5.41 Å². The molecule has 2 aromatic heterocycles. The van der Waals surface area contributed by atoms with Crippen molar-refractivity contribution in [3.63, 3.8) is 0 Å². The average Bonchev–Trinajstić information content (AvgIpc) is 3.76. The van der Waals surface area contributed by atoms with E-state index in [4.69, 9.17) is 10.2 Å². The van der Waals surface area contributed by atoms with E-state index in [1.807, 2.05) is 89.8 Å². The third-order valence-electron chi connectivity index (χ3n) is 9.66. The second kappa shape index (κ2) is 12.6. The molecule has 0 radical (unpaired) electrons. The Morgan fingerprint density at radius 1 is 0.588 bits per heavy atom. The first kappa shape index (κ1) is 30.4. The molecule has 9 rings (SSSR count). The van der Waals surface area contributed by atoms with Crippen molar-refractivity contribution in [2.24, 2.45) is 5.73 Å². The monoisotopic (exact) mass is 658 g/mol. The maximum absolute atomic E-state index is 9.39. The Morgan fingerprint density at radius 3 is 1.94 bits per heavy atom. The number of aromatic nitrogens is 1. The van der Waals surface area contributed by atoms with Crippen LogP contribution in [-0.4, -0.2) is 10.4 Å². The van der Waals surface area contributed by atoms with Crippen LogP contribution in [0.5, 0.6) is 0 Å². The standard InChI is InChI=1S/C46H34N4O/c47-45(33-20-9-3-10-21-33)50(46(48)34-22-11-4-12-23-34)36-25-15-24-35(30-36)49-39-27-14-13-26-37(39)42-40(49)29-28-38-41(31-16-5-1-6-17-31)43(51-44(38)42)32-18-7-2-8-19-32/h1-30,45,48H,47H2. The number of fused-ring (bicyclic) bond motifs is 5. The molecule has 3 N–H and O–H groups in total. The van der Waals surface area contributed by atoms with E-state index in [1.165, 1.54) is 0 Å². The zero-order chi connectivity index (χ0) is 34.3. The fourth-order valence-corrected chi connectivity index (χ4v) is 7.31. The van der Waals surface area contributed by atoms with E-state index in [2.05, 4.69) is 102 Å². The van der Waals surface area contributed by atoms with Gasteiger partial charge >= 0.3 is 0 Å². The maximum atomic E-state index is 9.39. The number of para-hydroxylation sites is 1. The van der Waals surface area contributed by atoms with Crippen molar-refractivity contribution in [3.05, 3.63) is 193 Å². The van der Waals surface area contributed by atoms with E-state index in [0.717, 1.165) is 77.7 Å². The van der Waals surface area contributed by atoms with Gasteiger partial charge in [0.25, 0.3) is 0 Å². The van der Waals surface area contributed by atoms with Crippen molar-refractivity contribution in [2.45, 2.75) is 6.17 Å². The smallest absolute Gasteiger partial charge is 0.145 e. The molecule has 0 aliphatic heterocycles. The summed E-state index contributed by atoms with van der Waals surface area (Å²) in [5.74, 6) is 1.18. The Bertz CT molecular complexity index is 2660. The molecular formula is C46H34N4O. The van der Waals surface area contributed by atoms with Crippen LogP contribution in [0.15, 0.2) is 186 Å². The van der Waals surface area contributed by atoms with Gasteiger partial charge in [-0.25, -0.2) is 0 Å². The molecule has 0 bridgehead atoms. The zero-order valence-electron chi connectivity index (χ0n) is 27.8. The number of amidine groups is 1. The minimum atomic E-state index is -0.581. The molecule has 51 heavy (non-hydrogen) atoms. The van der Waals surface area contributed by atoms with Gasteiger partial charge in [0.1, 0.15) is 23.3 Å². The summed E-state index contributed by atoms with van der Waals surface area (Å²) >= 11 is 0. The summed E-state index contributed by atoms with van der Waals surface area (Å²) in [5.41, 5.74) is 16.7. The van der Waals surface area contributed by atoms with E-state index in [1.54, 1.807) is 0 Å². The summed E-state index contributed by atoms with van der Waals surface area (Å²) < 4.78 is 9.26. The average molecular weight is 659 g/mol. The lowest BCUT2D eigenvalue weighted by molar-refractivity contribution is 0.636. The van der Waals surface area contributed by atoms with Crippen LogP contribution in [0, 0.1) is 5.41 Å². The lowest BCUT2D eigenvalue weighted by Crippen LogP contribution is -2.39. The maximum Gasteiger partial charge on any atom is 0.145 e. The third-order valence-corrected chi connectivity index (χ3v) is 9.66. The molecular weight excluding hydrogens is 625 g/mol. The van der Waals surface area contributed by atoms with Crippen LogP contribution in [0.25, 0.3) is 60.9 Å². The van der Waals surface area contributed by atoms with E-state index in [-0.39, 0.29) is 0 Å². The second-order valence-electron chi connectivity index (χ2n) is 12.7. The van der Waals surface area contributed by atoms with E-state index < -0.39 is 6.17 Å². The van der Waals surface area contributed by atoms with Gasteiger partial charge in [-0.15, -0.1) is 0 Å². The van der Waals surface area contributed by atoms with Gasteiger partial charge in [0.15, 0.2) is 0 Å². The molecule has 5 nitrogen and oxygen atoms in total. The van der Waals surface area contributed by atoms with Crippen LogP contribution in [0.4, 0.5) is 5.69 Å². The van der Waals surface area contributed by atoms with Gasteiger partial charge in [-0.05, 0) is 47.5 Å². The quantitative estimate of drug-likeness (QED) is 0.102. The van der Waals surface area contributed by atoms with Gasteiger partial charge in [0.05, 0.1) is 16.4 Å². The van der Waals surface area contributed by atoms with Gasteiger partial charge in [-0.2, -0.15) is 0 Å². The molecule has 0 amide bonds. The van der Waals surface area contributed by atoms with E-state index >= 15 is 0 Å². The molecule has 0 saturated carbocycles. The molecule has 1 atom stereocenters. The first-order valence-electron chi connectivity index (χ1n) is 17.1. The highest BCUT2D eigenvalue weighted by atomic mass is 16.3. The van der Waals surface area contributed by atoms with Crippen molar-refractivity contribution >= 4 is 44.3 Å². The SMILES string of the molecule is N=C(c1ccccc1)N(c1cccc(-n2c3ccccc3c3c4oc(-c5ccccc5)c(-c5ccccc5)c4ccc32)c1)C(N)c1ccccc1. The summed E-state index contributed by atoms with van der Waals surface area (Å²) in [6.07, 6.45) is -0.581. The van der Waals surface area contributed by atoms with Gasteiger partial charge in [0, 0.05) is 38.8 Å². The number of anilines is 1. The molecule has 0 saturated heterocycles. The number of hydrogen-bond donors (Lipinski definition) is 2. The van der Waals surface area contributed by atoms with Crippen LogP contribution in [-0.2, 0) is 0 Å². The first-order chi connectivity index (χ1) is 25.2. The summed E-state index contributed by atoms with van der Waals surface area (Å²) in [5, 5.41) is 12.6. The predicted molar refractivity (Wildman–Crippen MR) is 211 cm³/mol. The summed E-state index contributed by atoms with van der Waals surface area (Å²) in [6, 6.07) is 61.8. The van der Waals surface area contributed by atoms with Crippen molar-refractivity contribution < 1.29 is 4.42 Å². The Balaban J connectivity index is 1.27. The lowest BCUT2D eigenvalue weighted by Gasteiger charge is -2.32. The third kappa shape index (κ3) is 5.19. The first-order valence-corrected chi connectivity index (χ1v) is 17.1. The van der Waals surface area contributed by atoms with Crippen LogP contribution in [0.2, 0.25) is 0 Å². The number of nitrogens with two attached hydrogens (primary N) is 1. The fourth-order valence-electron chi connectivity index (χ4n) is 7.31. The van der Waals surface area contributed by atoms with Gasteiger partial charge in [0.2, 0.25) is 0 Å². The zero-order valence-corrected chi connectivity index (χ0v) is 27.8. The van der Waals surface area contributed by atoms with Gasteiger partial charge in [-0.1, -0.05) is 146 Å². The van der Waals surface area contributed by atoms with Crippen LogP contribution in [0.1, 0.15) is 17.3 Å². The molecule has 0 fully saturated rings. The molecule has 7 aromatic carbocycles. The summed E-state index contributed by atoms with van der Waals surface area (Å²) in [6.45, 7) is 0. The Labute approximate surface area is 295 Å². The molecule has 5 heteroatoms.